The van der Waals surface area contributed by atoms with Gasteiger partial charge in [0.2, 0.25) is 59.5 Å². The molecule has 0 radical (unpaired) electrons. The summed E-state index contributed by atoms with van der Waals surface area (Å²) in [7, 11) is 1.65. The molecule has 2 fully saturated rings. The molecule has 0 aromatic heterocycles. The number of unbranched alkanes of at least 4 members (excludes halogenated alkanes) is 3. The van der Waals surface area contributed by atoms with E-state index in [9.17, 15) is 89.1 Å². The number of hydrogen-bond donors (Lipinski definition) is 19. The van der Waals surface area contributed by atoms with Gasteiger partial charge in [-0.05, 0) is 71.8 Å². The Kier molecular flexibility index (Phi) is 47.4. The molecule has 0 spiro atoms. The lowest BCUT2D eigenvalue weighted by molar-refractivity contribution is -0.270. The molecule has 37 heteroatoms. The first kappa shape index (κ1) is 89.6. The van der Waals surface area contributed by atoms with Crippen LogP contribution in [-0.2, 0) is 85.8 Å². The summed E-state index contributed by atoms with van der Waals surface area (Å²) in [5, 5.41) is 117. The Balaban J connectivity index is 1.78. The summed E-state index contributed by atoms with van der Waals surface area (Å²) >= 11 is 0. The summed E-state index contributed by atoms with van der Waals surface area (Å²) in [5.74, 6) is -3.12. The lowest BCUT2D eigenvalue weighted by Gasteiger charge is -2.42. The molecule has 9 amide bonds. The van der Waals surface area contributed by atoms with Gasteiger partial charge in [-0.15, -0.1) is 0 Å². The zero-order chi connectivity index (χ0) is 73.5. The third-order valence-corrected chi connectivity index (χ3v) is 15.5. The predicted molar refractivity (Wildman–Crippen MR) is 347 cm³/mol. The molecule has 2 aliphatic heterocycles. The number of aliphatic hydroxyl groups excluding tert-OH is 9. The van der Waals surface area contributed by atoms with E-state index in [1.54, 1.807) is 7.05 Å². The number of carbonyl (C=O) groups excluding carboxylic acids is 9. The Labute approximate surface area is 577 Å². The summed E-state index contributed by atoms with van der Waals surface area (Å²) in [6, 6.07) is -2.15. The zero-order valence-corrected chi connectivity index (χ0v) is 57.8. The molecule has 14 unspecified atom stereocenters. The van der Waals surface area contributed by atoms with Gasteiger partial charge in [-0.2, -0.15) is 0 Å². The van der Waals surface area contributed by atoms with Crippen LogP contribution >= 0.6 is 0 Å². The monoisotopic (exact) mass is 1430 g/mol. The van der Waals surface area contributed by atoms with Crippen LogP contribution in [0.5, 0.6) is 0 Å². The molecule has 2 aliphatic rings. The highest BCUT2D eigenvalue weighted by Gasteiger charge is 2.47. The van der Waals surface area contributed by atoms with E-state index in [0.717, 1.165) is 0 Å². The van der Waals surface area contributed by atoms with E-state index in [4.69, 9.17) is 42.6 Å². The summed E-state index contributed by atoms with van der Waals surface area (Å²) in [6.07, 6.45) is -11.2. The quantitative estimate of drug-likeness (QED) is 0.0199. The largest absolute Gasteiger partial charge is 0.394 e. The van der Waals surface area contributed by atoms with Gasteiger partial charge >= 0.3 is 0 Å². The minimum Gasteiger partial charge on any atom is -0.394 e. The number of carbonyl (C=O) groups is 9. The molecule has 37 nitrogen and oxygen atoms in total. The van der Waals surface area contributed by atoms with Crippen LogP contribution in [0.4, 0.5) is 0 Å². The lowest BCUT2D eigenvalue weighted by atomic mass is 9.97. The number of amides is 9. The van der Waals surface area contributed by atoms with Crippen LogP contribution in [0, 0.1) is 0 Å². The van der Waals surface area contributed by atoms with E-state index in [-0.39, 0.29) is 173 Å². The fraction of sp³-hybridized carbons (Fsp3) is 0.855. The first-order valence-corrected chi connectivity index (χ1v) is 33.9. The van der Waals surface area contributed by atoms with Crippen LogP contribution in [0.2, 0.25) is 0 Å². The fourth-order valence-corrected chi connectivity index (χ4v) is 9.75. The third kappa shape index (κ3) is 38.9. The summed E-state index contributed by atoms with van der Waals surface area (Å²) in [5.41, 5.74) is -1.00. The molecule has 0 aliphatic carbocycles. The maximum absolute atomic E-state index is 12.7. The average Bonchev–Trinajstić information content (AvgIpc) is 0.817. The Morgan fingerprint density at radius 2 is 0.798 bits per heavy atom. The second-order valence-corrected chi connectivity index (χ2v) is 24.1. The number of rotatable bonds is 56. The molecule has 574 valence electrons. The van der Waals surface area contributed by atoms with Gasteiger partial charge in [-0.3, -0.25) is 43.2 Å². The SMILES string of the molecule is CNC(COCCC(=O)NCCCNC(=O)CCCCOC(OC(CO)C(C)O)C(O)NC(C)=O)(COCCC(=O)NCCCNC(=O)CCCCOC1OC(CO)C(O)C(O)C1NC(C)=O)COCCC(=O)NCCCNC(=O)CCCCOC1OC(CO)C(O)C(O)C1NC(C)=O. The molecule has 2 saturated heterocycles. The van der Waals surface area contributed by atoms with Crippen LogP contribution < -0.4 is 53.2 Å². The Bertz CT molecular complexity index is 2220. The number of ether oxygens (including phenoxy) is 9. The van der Waals surface area contributed by atoms with Gasteiger partial charge in [-0.1, -0.05) is 0 Å². The van der Waals surface area contributed by atoms with Crippen molar-refractivity contribution in [3.05, 3.63) is 0 Å². The van der Waals surface area contributed by atoms with Gasteiger partial charge in [0.15, 0.2) is 18.8 Å². The van der Waals surface area contributed by atoms with Crippen molar-refractivity contribution in [1.29, 1.82) is 0 Å². The average molecular weight is 1430 g/mol. The zero-order valence-electron chi connectivity index (χ0n) is 57.8. The molecule has 19 N–H and O–H groups in total. The fourth-order valence-electron chi connectivity index (χ4n) is 9.75. The van der Waals surface area contributed by atoms with Gasteiger partial charge in [0.1, 0.15) is 54.8 Å². The second-order valence-electron chi connectivity index (χ2n) is 24.1. The van der Waals surface area contributed by atoms with E-state index in [2.05, 4.69) is 53.2 Å². The van der Waals surface area contributed by atoms with Crippen LogP contribution in [-0.4, -0.2) is 316 Å². The minimum absolute atomic E-state index is 0.00342. The highest BCUT2D eigenvalue weighted by Crippen LogP contribution is 2.24. The van der Waals surface area contributed by atoms with Crippen molar-refractivity contribution in [2.45, 2.75) is 216 Å². The molecule has 14 atom stereocenters. The predicted octanol–water partition coefficient (Wildman–Crippen LogP) is -6.98. The van der Waals surface area contributed by atoms with Crippen molar-refractivity contribution in [1.82, 2.24) is 53.2 Å². The number of aliphatic hydroxyl groups is 9. The highest BCUT2D eigenvalue weighted by molar-refractivity contribution is 5.78. The van der Waals surface area contributed by atoms with Crippen molar-refractivity contribution in [3.8, 4) is 0 Å². The number of nitrogens with one attached hydrogen (secondary N) is 10. The van der Waals surface area contributed by atoms with Crippen molar-refractivity contribution >= 4 is 53.2 Å². The molecule has 0 aromatic carbocycles. The van der Waals surface area contributed by atoms with Crippen LogP contribution in [0.15, 0.2) is 0 Å². The molecule has 0 saturated carbocycles. The van der Waals surface area contributed by atoms with Gasteiger partial charge in [0, 0.05) is 118 Å². The third-order valence-electron chi connectivity index (χ3n) is 15.5. The van der Waals surface area contributed by atoms with Crippen molar-refractivity contribution in [3.63, 3.8) is 0 Å². The van der Waals surface area contributed by atoms with Gasteiger partial charge in [0.05, 0.1) is 71.1 Å². The lowest BCUT2D eigenvalue weighted by Crippen LogP contribution is -2.64. The number of hydrogen-bond acceptors (Lipinski definition) is 28. The Morgan fingerprint density at radius 1 is 0.455 bits per heavy atom. The van der Waals surface area contributed by atoms with Crippen molar-refractivity contribution in [2.75, 3.05) is 126 Å². The second kappa shape index (κ2) is 52.4. The normalized spacial score (nSPS) is 22.5. The smallest absolute Gasteiger partial charge is 0.222 e. The Hall–Kier alpha value is -5.53. The van der Waals surface area contributed by atoms with Crippen molar-refractivity contribution < 1.29 is 132 Å². The number of likely N-dealkylation sites (N-methyl/N-ethyl adjacent to an activating group) is 1. The highest BCUT2D eigenvalue weighted by atomic mass is 16.7. The molecule has 2 heterocycles. The summed E-state index contributed by atoms with van der Waals surface area (Å²) in [6.45, 7) is 5.17. The first-order valence-electron chi connectivity index (χ1n) is 33.9. The minimum atomic E-state index is -1.58. The van der Waals surface area contributed by atoms with Gasteiger partial charge in [-0.25, -0.2) is 0 Å². The first-order chi connectivity index (χ1) is 47.3. The van der Waals surface area contributed by atoms with Gasteiger partial charge < -0.3 is 142 Å². The molecular weight excluding hydrogens is 1320 g/mol. The Morgan fingerprint density at radius 3 is 1.10 bits per heavy atom. The molecule has 0 bridgehead atoms. The van der Waals surface area contributed by atoms with E-state index < -0.39 is 129 Å². The van der Waals surface area contributed by atoms with Gasteiger partial charge in [0.25, 0.3) is 0 Å². The summed E-state index contributed by atoms with van der Waals surface area (Å²) in [4.78, 5) is 110. The maximum Gasteiger partial charge on any atom is 0.222 e. The molecule has 99 heavy (non-hydrogen) atoms. The van der Waals surface area contributed by atoms with E-state index in [0.29, 0.717) is 57.8 Å². The van der Waals surface area contributed by atoms with Crippen LogP contribution in [0.3, 0.4) is 0 Å². The molecule has 2 rings (SSSR count). The van der Waals surface area contributed by atoms with Crippen molar-refractivity contribution in [2.24, 2.45) is 0 Å². The van der Waals surface area contributed by atoms with E-state index in [1.165, 1.54) is 27.7 Å². The summed E-state index contributed by atoms with van der Waals surface area (Å²) < 4.78 is 51.3. The van der Waals surface area contributed by atoms with Crippen LogP contribution in [0.1, 0.15) is 124 Å². The van der Waals surface area contributed by atoms with E-state index >= 15 is 0 Å². The standard InChI is InChI=1S/C62H114N10O27/c1-39(76)43(33-73)97-61(58(90)72-42(4)79)96-29-11-8-17-48(82)66-23-14-26-69-51(85)20-32-93-38-62(63-5,36-91-30-18-49(83)67-24-12-21-64-46(80)15-6-9-27-94-59-52(70-40(2)77)56(88)54(86)44(34-74)98-59)37-92-31-19-50(84)68-25-13-22-65-47(81)16-7-10-28-95-60-53(71-41(3)78)57(89)55(87)45(35-75)99-60/h39,43-45,52-61,63,73-76,86-90H,6-38H2,1-5H3,(H,64,80)(H,65,81)(H,66,82)(H,67,83)(H,68,84)(H,69,85)(H,70,77)(H,71,78)(H,72,79). The molecule has 0 aromatic rings. The van der Waals surface area contributed by atoms with Crippen LogP contribution in [0.25, 0.3) is 0 Å². The molecular formula is C62H114N10O27. The topological polar surface area (TPSA) is 539 Å². The maximum atomic E-state index is 12.7. The van der Waals surface area contributed by atoms with E-state index in [1.807, 2.05) is 0 Å².